The number of sulfone groups is 1. The molecule has 1 saturated heterocycles. The number of carbonyl (C=O) groups excluding carboxylic acids is 2. The first-order valence-electron chi connectivity index (χ1n) is 8.79. The van der Waals surface area contributed by atoms with Gasteiger partial charge in [-0.2, -0.15) is 5.10 Å². The van der Waals surface area contributed by atoms with Crippen LogP contribution < -0.4 is 5.32 Å². The van der Waals surface area contributed by atoms with Crippen molar-refractivity contribution in [1.82, 2.24) is 20.4 Å². The zero-order valence-electron chi connectivity index (χ0n) is 14.4. The molecular weight excluding hydrogens is 360 g/mol. The molecule has 26 heavy (non-hydrogen) atoms. The molecule has 0 aromatic carbocycles. The van der Waals surface area contributed by atoms with Gasteiger partial charge in [0.05, 0.1) is 30.1 Å². The van der Waals surface area contributed by atoms with Crippen molar-refractivity contribution in [3.8, 4) is 0 Å². The van der Waals surface area contributed by atoms with Gasteiger partial charge in [0, 0.05) is 30.9 Å². The van der Waals surface area contributed by atoms with Crippen LogP contribution in [0.25, 0.3) is 0 Å². The van der Waals surface area contributed by atoms with Crippen LogP contribution in [-0.4, -0.2) is 77.2 Å². The predicted octanol–water partition coefficient (Wildman–Crippen LogP) is -1.14. The van der Waals surface area contributed by atoms with Gasteiger partial charge in [-0.1, -0.05) is 0 Å². The van der Waals surface area contributed by atoms with Crippen LogP contribution in [0.4, 0.5) is 0 Å². The van der Waals surface area contributed by atoms with Crippen molar-refractivity contribution in [2.24, 2.45) is 5.92 Å². The molecule has 3 atom stereocenters. The molecule has 9 nitrogen and oxygen atoms in total. The minimum Gasteiger partial charge on any atom is -0.391 e. The third kappa shape index (κ3) is 4.61. The molecule has 3 N–H and O–H groups in total. The average molecular weight is 384 g/mol. The number of nitrogens with zero attached hydrogens (tertiary/aromatic N) is 2. The summed E-state index contributed by atoms with van der Waals surface area (Å²) in [6.07, 6.45) is 2.29. The Balaban J connectivity index is 1.48. The molecule has 2 heterocycles. The lowest BCUT2D eigenvalue weighted by molar-refractivity contribution is -0.138. The summed E-state index contributed by atoms with van der Waals surface area (Å²) >= 11 is 0. The Hall–Kier alpha value is -1.94. The van der Waals surface area contributed by atoms with E-state index in [1.165, 1.54) is 0 Å². The normalized spacial score (nSPS) is 28.5. The van der Waals surface area contributed by atoms with Gasteiger partial charge < -0.3 is 15.3 Å². The number of nitrogens with one attached hydrogen (secondary N) is 2. The molecule has 3 rings (SSSR count). The van der Waals surface area contributed by atoms with Crippen LogP contribution >= 0.6 is 0 Å². The van der Waals surface area contributed by atoms with Crippen molar-refractivity contribution >= 4 is 21.7 Å². The minimum absolute atomic E-state index is 0.000294. The molecule has 2 aliphatic rings. The molecule has 2 fully saturated rings. The van der Waals surface area contributed by atoms with Gasteiger partial charge in [0.2, 0.25) is 11.8 Å². The summed E-state index contributed by atoms with van der Waals surface area (Å²) < 4.78 is 23.0. The van der Waals surface area contributed by atoms with E-state index in [0.29, 0.717) is 18.5 Å². The van der Waals surface area contributed by atoms with E-state index in [9.17, 15) is 23.1 Å². The number of rotatable bonds is 4. The predicted molar refractivity (Wildman–Crippen MR) is 92.8 cm³/mol. The maximum absolute atomic E-state index is 12.6. The van der Waals surface area contributed by atoms with Crippen LogP contribution in [-0.2, 0) is 25.8 Å². The zero-order valence-corrected chi connectivity index (χ0v) is 15.2. The number of H-pyrrole nitrogens is 1. The molecule has 1 aliphatic heterocycles. The number of hydrogen-bond acceptors (Lipinski definition) is 6. The lowest BCUT2D eigenvalue weighted by Gasteiger charge is -2.36. The fourth-order valence-corrected chi connectivity index (χ4v) is 4.75. The number of aromatic nitrogens is 2. The molecule has 144 valence electrons. The first kappa shape index (κ1) is 18.8. The van der Waals surface area contributed by atoms with Gasteiger partial charge in [-0.05, 0) is 25.3 Å². The second-order valence-electron chi connectivity index (χ2n) is 6.99. The second-order valence-corrected chi connectivity index (χ2v) is 9.29. The Kier molecular flexibility index (Phi) is 5.61. The third-order valence-corrected chi connectivity index (χ3v) is 6.69. The Morgan fingerprint density at radius 2 is 2.04 bits per heavy atom. The molecule has 1 aromatic heterocycles. The summed E-state index contributed by atoms with van der Waals surface area (Å²) in [7, 11) is -3.03. The fraction of sp³-hybridized carbons (Fsp3) is 0.688. The lowest BCUT2D eigenvalue weighted by Crippen LogP contribution is -2.51. The Morgan fingerprint density at radius 3 is 2.65 bits per heavy atom. The van der Waals surface area contributed by atoms with E-state index in [0.717, 1.165) is 0 Å². The largest absolute Gasteiger partial charge is 0.391 e. The molecule has 1 saturated carbocycles. The minimum atomic E-state index is -3.03. The summed E-state index contributed by atoms with van der Waals surface area (Å²) in [5.41, 5.74) is 0.695. The van der Waals surface area contributed by atoms with E-state index in [2.05, 4.69) is 15.5 Å². The van der Waals surface area contributed by atoms with Crippen LogP contribution in [0.2, 0.25) is 0 Å². The van der Waals surface area contributed by atoms with Crippen molar-refractivity contribution in [1.29, 1.82) is 0 Å². The number of carbonyl (C=O) groups is 2. The van der Waals surface area contributed by atoms with Crippen molar-refractivity contribution in [3.63, 3.8) is 0 Å². The van der Waals surface area contributed by atoms with Gasteiger partial charge in [-0.3, -0.25) is 14.7 Å². The van der Waals surface area contributed by atoms with Crippen molar-refractivity contribution in [2.75, 3.05) is 24.6 Å². The highest BCUT2D eigenvalue weighted by Crippen LogP contribution is 2.27. The van der Waals surface area contributed by atoms with Crippen molar-refractivity contribution in [3.05, 3.63) is 18.0 Å². The summed E-state index contributed by atoms with van der Waals surface area (Å²) in [5.74, 6) is -0.627. The third-order valence-electron chi connectivity index (χ3n) is 5.08. The number of hydrogen-bond donors (Lipinski definition) is 3. The Bertz CT molecular complexity index is 735. The number of amides is 2. The second kappa shape index (κ2) is 7.75. The summed E-state index contributed by atoms with van der Waals surface area (Å²) in [6.45, 7) is 0.441. The van der Waals surface area contributed by atoms with E-state index >= 15 is 0 Å². The van der Waals surface area contributed by atoms with Gasteiger partial charge in [0.1, 0.15) is 0 Å². The maximum Gasteiger partial charge on any atom is 0.226 e. The monoisotopic (exact) mass is 384 g/mol. The molecule has 2 amide bonds. The van der Waals surface area contributed by atoms with Crippen LogP contribution in [0.15, 0.2) is 12.3 Å². The van der Waals surface area contributed by atoms with Crippen LogP contribution in [0, 0.1) is 5.92 Å². The highest BCUT2D eigenvalue weighted by molar-refractivity contribution is 7.91. The van der Waals surface area contributed by atoms with Crippen LogP contribution in [0.3, 0.4) is 0 Å². The maximum atomic E-state index is 12.6. The summed E-state index contributed by atoms with van der Waals surface area (Å²) in [4.78, 5) is 26.2. The van der Waals surface area contributed by atoms with E-state index < -0.39 is 15.9 Å². The quantitative estimate of drug-likeness (QED) is 0.601. The first-order valence-corrected chi connectivity index (χ1v) is 10.6. The van der Waals surface area contributed by atoms with Gasteiger partial charge in [0.25, 0.3) is 0 Å². The molecule has 1 aliphatic carbocycles. The van der Waals surface area contributed by atoms with E-state index in [1.54, 1.807) is 17.2 Å². The smallest absolute Gasteiger partial charge is 0.226 e. The van der Waals surface area contributed by atoms with Gasteiger partial charge >= 0.3 is 0 Å². The SMILES string of the molecule is O=C(Cc1ccn[nH]1)N[C@@H]1CC[C@H](C(=O)N2CCS(=O)(=O)CC2)C[C@H]1O. The molecular formula is C16H24N4O5S. The van der Waals surface area contributed by atoms with Gasteiger partial charge in [-0.15, -0.1) is 0 Å². The van der Waals surface area contributed by atoms with Crippen molar-refractivity contribution in [2.45, 2.75) is 37.8 Å². The van der Waals surface area contributed by atoms with Gasteiger partial charge in [-0.25, -0.2) is 8.42 Å². The number of aromatic amines is 1. The highest BCUT2D eigenvalue weighted by atomic mass is 32.2. The van der Waals surface area contributed by atoms with Gasteiger partial charge in [0.15, 0.2) is 9.84 Å². The van der Waals surface area contributed by atoms with Crippen LogP contribution in [0.5, 0.6) is 0 Å². The lowest BCUT2D eigenvalue weighted by atomic mass is 9.83. The molecule has 10 heteroatoms. The number of aliphatic hydroxyl groups excluding tert-OH is 1. The Labute approximate surface area is 152 Å². The topological polar surface area (TPSA) is 132 Å². The van der Waals surface area contributed by atoms with E-state index in [-0.39, 0.29) is 61.2 Å². The molecule has 0 spiro atoms. The van der Waals surface area contributed by atoms with E-state index in [1.807, 2.05) is 0 Å². The Morgan fingerprint density at radius 1 is 1.31 bits per heavy atom. The van der Waals surface area contributed by atoms with Crippen molar-refractivity contribution < 1.29 is 23.1 Å². The van der Waals surface area contributed by atoms with E-state index in [4.69, 9.17) is 0 Å². The zero-order chi connectivity index (χ0) is 18.7. The molecule has 0 unspecified atom stereocenters. The first-order chi connectivity index (χ1) is 12.3. The molecule has 0 bridgehead atoms. The average Bonchev–Trinajstić information content (AvgIpc) is 3.09. The van der Waals surface area contributed by atoms with Crippen LogP contribution in [0.1, 0.15) is 25.0 Å². The fourth-order valence-electron chi connectivity index (χ4n) is 3.54. The summed E-state index contributed by atoms with van der Waals surface area (Å²) in [5, 5.41) is 19.7. The molecule has 1 aromatic rings. The standard InChI is InChI=1S/C16H24N4O5S/c21-14-9-11(16(23)20-5-7-26(24,25)8-6-20)1-2-13(14)18-15(22)10-12-3-4-17-19-12/h3-4,11,13-14,21H,1-2,5-10H2,(H,17,19)(H,18,22)/t11-,13+,14+/m0/s1. The number of aliphatic hydroxyl groups is 1. The summed E-state index contributed by atoms with van der Waals surface area (Å²) in [6, 6.07) is 1.33. The molecule has 0 radical (unpaired) electrons. The highest BCUT2D eigenvalue weighted by Gasteiger charge is 2.36.